The summed E-state index contributed by atoms with van der Waals surface area (Å²) in [5, 5.41) is 21.6. The Morgan fingerprint density at radius 2 is 1.51 bits per heavy atom. The van der Waals surface area contributed by atoms with Crippen molar-refractivity contribution in [1.82, 2.24) is 4.98 Å². The Labute approximate surface area is 223 Å². The first-order valence-corrected chi connectivity index (χ1v) is 13.1. The van der Waals surface area contributed by atoms with Crippen molar-refractivity contribution in [3.05, 3.63) is 54.6 Å². The second kappa shape index (κ2) is 12.6. The number of hydrogen-bond acceptors (Lipinski definition) is 4. The van der Waals surface area contributed by atoms with E-state index in [1.165, 1.54) is 19.3 Å². The molecule has 6 atom stereocenters. The summed E-state index contributed by atoms with van der Waals surface area (Å²) >= 11 is 0. The van der Waals surface area contributed by atoms with Gasteiger partial charge < -0.3 is 14.6 Å². The van der Waals surface area contributed by atoms with E-state index in [1.807, 2.05) is 48.5 Å². The fraction of sp³-hybridized carbons (Fsp3) is 0.567. The van der Waals surface area contributed by atoms with Crippen LogP contribution in [-0.4, -0.2) is 27.4 Å². The summed E-state index contributed by atoms with van der Waals surface area (Å²) in [5.74, 6) is 3.07. The van der Waals surface area contributed by atoms with E-state index >= 15 is 0 Å². The van der Waals surface area contributed by atoms with Crippen molar-refractivity contribution >= 4 is 11.1 Å². The maximum absolute atomic E-state index is 10.8. The zero-order chi connectivity index (χ0) is 24.2. The average molecular weight is 655 g/mol. The van der Waals surface area contributed by atoms with Gasteiger partial charge in [-0.25, -0.2) is 0 Å². The Morgan fingerprint density at radius 3 is 2.14 bits per heavy atom. The van der Waals surface area contributed by atoms with E-state index in [4.69, 9.17) is 4.42 Å². The van der Waals surface area contributed by atoms with Crippen LogP contribution in [-0.2, 0) is 20.1 Å². The predicted molar refractivity (Wildman–Crippen MR) is 137 cm³/mol. The van der Waals surface area contributed by atoms with Crippen molar-refractivity contribution in [1.29, 1.82) is 0 Å². The summed E-state index contributed by atoms with van der Waals surface area (Å²) in [5.41, 5.74) is 2.57. The van der Waals surface area contributed by atoms with Crippen LogP contribution in [0.15, 0.2) is 52.9 Å². The first kappa shape index (κ1) is 28.1. The van der Waals surface area contributed by atoms with Crippen molar-refractivity contribution in [3.63, 3.8) is 0 Å². The summed E-state index contributed by atoms with van der Waals surface area (Å²) in [6.07, 6.45) is 5.29. The Balaban J connectivity index is 0.000000194. The second-order valence-electron chi connectivity index (χ2n) is 10.9. The van der Waals surface area contributed by atoms with Crippen molar-refractivity contribution in [2.45, 2.75) is 72.0 Å². The Kier molecular flexibility index (Phi) is 10.1. The molecule has 5 heteroatoms. The molecule has 2 aromatic carbocycles. The molecule has 3 aromatic rings. The molecule has 0 aliphatic heterocycles. The van der Waals surface area contributed by atoms with Gasteiger partial charge in [-0.1, -0.05) is 51.8 Å². The molecule has 4 nitrogen and oxygen atoms in total. The fourth-order valence-corrected chi connectivity index (χ4v) is 6.19. The molecule has 0 amide bonds. The zero-order valence-electron chi connectivity index (χ0n) is 21.4. The third-order valence-corrected chi connectivity index (χ3v) is 8.14. The Morgan fingerprint density at radius 1 is 0.857 bits per heavy atom. The predicted octanol–water partition coefficient (Wildman–Crippen LogP) is 6.76. The molecule has 1 heterocycles. The molecule has 1 aromatic heterocycles. The molecule has 2 aliphatic carbocycles. The molecular weight excluding hydrogens is 615 g/mol. The molecule has 193 valence electrons. The minimum atomic E-state index is -0.302. The van der Waals surface area contributed by atoms with Crippen LogP contribution >= 0.6 is 0 Å². The number of fused-ring (bicyclic) bond motifs is 2. The van der Waals surface area contributed by atoms with Crippen LogP contribution in [0.25, 0.3) is 22.6 Å². The number of para-hydroxylation sites is 2. The third-order valence-electron chi connectivity index (χ3n) is 8.14. The first-order chi connectivity index (χ1) is 16.4. The largest absolute Gasteiger partial charge is 0.481 e. The molecule has 0 spiro atoms. The van der Waals surface area contributed by atoms with Gasteiger partial charge in [0.15, 0.2) is 0 Å². The van der Waals surface area contributed by atoms with E-state index < -0.39 is 0 Å². The molecular formula is C30H40IrNO3-. The van der Waals surface area contributed by atoms with Gasteiger partial charge in [0.1, 0.15) is 11.5 Å². The van der Waals surface area contributed by atoms with Crippen molar-refractivity contribution in [3.8, 4) is 11.5 Å². The number of nitrogens with zero attached hydrogens (tertiary/aromatic N) is 1. The van der Waals surface area contributed by atoms with E-state index in [1.54, 1.807) is 0 Å². The molecule has 35 heavy (non-hydrogen) atoms. The van der Waals surface area contributed by atoms with Crippen LogP contribution in [0.2, 0.25) is 0 Å². The maximum Gasteiger partial charge on any atom is 0.141 e. The van der Waals surface area contributed by atoms with Gasteiger partial charge in [-0.2, -0.15) is 0 Å². The maximum atomic E-state index is 10.8. The van der Waals surface area contributed by atoms with E-state index in [0.29, 0.717) is 35.5 Å². The van der Waals surface area contributed by atoms with E-state index in [0.717, 1.165) is 29.5 Å². The van der Waals surface area contributed by atoms with Crippen LogP contribution in [0.5, 0.6) is 0 Å². The first-order valence-electron chi connectivity index (χ1n) is 13.1. The monoisotopic (exact) mass is 655 g/mol. The Hall–Kier alpha value is -1.52. The van der Waals surface area contributed by atoms with E-state index in [-0.39, 0.29) is 38.2 Å². The number of oxazole rings is 1. The smallest absolute Gasteiger partial charge is 0.141 e. The molecule has 2 aliphatic rings. The zero-order valence-corrected chi connectivity index (χ0v) is 23.8. The molecule has 0 bridgehead atoms. The second-order valence-corrected chi connectivity index (χ2v) is 10.9. The van der Waals surface area contributed by atoms with Crippen LogP contribution in [0.3, 0.4) is 0 Å². The number of aliphatic hydroxyl groups excluding tert-OH is 2. The quantitative estimate of drug-likeness (QED) is 0.307. The van der Waals surface area contributed by atoms with Gasteiger partial charge in [0.05, 0.1) is 17.7 Å². The fourth-order valence-electron chi connectivity index (χ4n) is 6.19. The number of rotatable bonds is 3. The van der Waals surface area contributed by atoms with Crippen LogP contribution in [0.4, 0.5) is 0 Å². The van der Waals surface area contributed by atoms with Gasteiger partial charge in [0, 0.05) is 26.0 Å². The summed E-state index contributed by atoms with van der Waals surface area (Å²) in [6.45, 7) is 8.83. The number of aliphatic hydroxyl groups is 2. The molecule has 5 rings (SSSR count). The van der Waals surface area contributed by atoms with Gasteiger partial charge in [-0.15, -0.1) is 30.3 Å². The van der Waals surface area contributed by atoms with Gasteiger partial charge in [-0.05, 0) is 67.4 Å². The molecule has 2 saturated carbocycles. The third kappa shape index (κ3) is 6.43. The minimum Gasteiger partial charge on any atom is -0.481 e. The summed E-state index contributed by atoms with van der Waals surface area (Å²) in [6, 6.07) is 18.5. The molecule has 2 fully saturated rings. The normalized spacial score (nSPS) is 28.6. The van der Waals surface area contributed by atoms with E-state index in [2.05, 4.69) is 38.7 Å². The number of benzene rings is 2. The summed E-state index contributed by atoms with van der Waals surface area (Å²) < 4.78 is 5.61. The summed E-state index contributed by atoms with van der Waals surface area (Å²) in [4.78, 5) is 4.39. The van der Waals surface area contributed by atoms with Crippen LogP contribution < -0.4 is 0 Å². The molecule has 2 N–H and O–H groups in total. The van der Waals surface area contributed by atoms with Crippen LogP contribution in [0.1, 0.15) is 59.8 Å². The molecule has 1 radical (unpaired) electrons. The Bertz CT molecular complexity index is 1000. The SMILES string of the molecule is CC(C)[C@H]1CCCC2CC[C@@H](C(C)C)C(O)C2C1O.[Ir].[c-]1ccccc1-c1nc2ccccc2o1. The van der Waals surface area contributed by atoms with Gasteiger partial charge >= 0.3 is 0 Å². The average Bonchev–Trinajstić information content (AvgIpc) is 3.18. The molecule has 0 saturated heterocycles. The topological polar surface area (TPSA) is 66.5 Å². The molecule has 4 unspecified atom stereocenters. The van der Waals surface area contributed by atoms with Crippen LogP contribution in [0, 0.1) is 41.6 Å². The van der Waals surface area contributed by atoms with Gasteiger partial charge in [-0.3, -0.25) is 4.98 Å². The van der Waals surface area contributed by atoms with E-state index in [9.17, 15) is 10.2 Å². The van der Waals surface area contributed by atoms with Crippen molar-refractivity contribution in [2.75, 3.05) is 0 Å². The standard InChI is InChI=1S/C17H32O2.C13H8NO.Ir/c1-10(2)13-7-5-6-12-8-9-14(11(3)4)17(19)15(12)16(13)18;1-2-6-10(7-3-1)13-14-11-8-4-5-9-12(11)15-13;/h10-19H,5-9H2,1-4H3;1-6,8-9H;/q;-1;/t12?,13-,14+,15?,16?,17?;;/m1../s1. The minimum absolute atomic E-state index is 0. The summed E-state index contributed by atoms with van der Waals surface area (Å²) in [7, 11) is 0. The van der Waals surface area contributed by atoms with Gasteiger partial charge in [0.2, 0.25) is 0 Å². The number of aromatic nitrogens is 1. The van der Waals surface area contributed by atoms with Crippen molar-refractivity contribution in [2.24, 2.45) is 35.5 Å². The number of hydrogen-bond donors (Lipinski definition) is 2. The van der Waals surface area contributed by atoms with Gasteiger partial charge in [0.25, 0.3) is 0 Å². The van der Waals surface area contributed by atoms with Crippen molar-refractivity contribution < 1.29 is 34.7 Å².